The van der Waals surface area contributed by atoms with E-state index in [0.717, 1.165) is 16.9 Å². The summed E-state index contributed by atoms with van der Waals surface area (Å²) in [5.41, 5.74) is 1.81. The van der Waals surface area contributed by atoms with Gasteiger partial charge in [0.1, 0.15) is 12.4 Å². The fraction of sp³-hybridized carbons (Fsp3) is 0.133. The summed E-state index contributed by atoms with van der Waals surface area (Å²) in [4.78, 5) is 6.92. The van der Waals surface area contributed by atoms with Gasteiger partial charge in [-0.2, -0.15) is 0 Å². The lowest BCUT2D eigenvalue weighted by Gasteiger charge is -2.07. The molecule has 3 aromatic rings. The summed E-state index contributed by atoms with van der Waals surface area (Å²) in [5, 5.41) is 12.2. The Bertz CT molecular complexity index is 741. The number of halogens is 1. The first-order valence-electron chi connectivity index (χ1n) is 6.57. The summed E-state index contributed by atoms with van der Waals surface area (Å²) < 4.78 is 5.13. The van der Waals surface area contributed by atoms with Crippen LogP contribution in [0.1, 0.15) is 5.56 Å². The molecule has 3 rings (SSSR count). The van der Waals surface area contributed by atoms with Crippen LogP contribution in [0.15, 0.2) is 48.5 Å². The van der Waals surface area contributed by atoms with E-state index < -0.39 is 0 Å². The summed E-state index contributed by atoms with van der Waals surface area (Å²) >= 11 is 5.85. The highest BCUT2D eigenvalue weighted by Crippen LogP contribution is 2.19. The van der Waals surface area contributed by atoms with Crippen LogP contribution in [-0.2, 0) is 6.61 Å². The largest absolute Gasteiger partial charge is 0.497 e. The Hall–Kier alpha value is -2.60. The van der Waals surface area contributed by atoms with Gasteiger partial charge in [-0.25, -0.2) is 0 Å². The van der Waals surface area contributed by atoms with Crippen LogP contribution in [0.4, 0.5) is 0 Å². The molecule has 0 N–H and O–H groups in total. The van der Waals surface area contributed by atoms with Crippen LogP contribution in [-0.4, -0.2) is 27.5 Å². The monoisotopic (exact) mass is 316 g/mol. The zero-order chi connectivity index (χ0) is 15.4. The topological polar surface area (TPSA) is 62.1 Å². The molecular weight excluding hydrogens is 304 g/mol. The highest BCUT2D eigenvalue weighted by atomic mass is 35.5. The van der Waals surface area contributed by atoms with Crippen molar-refractivity contribution < 1.29 is 9.57 Å². The number of nitrogens with zero attached hydrogens (tertiary/aromatic N) is 4. The SMILES string of the molecule is COc1ccc(-c2nnnn2OCc2ccc(Cl)cc2)cc1. The molecule has 0 fully saturated rings. The Labute approximate surface area is 132 Å². The number of benzene rings is 2. The maximum Gasteiger partial charge on any atom is 0.222 e. The van der Waals surface area contributed by atoms with Gasteiger partial charge in [0.2, 0.25) is 5.82 Å². The molecule has 0 saturated heterocycles. The molecule has 0 aliphatic heterocycles. The lowest BCUT2D eigenvalue weighted by atomic mass is 10.2. The predicted octanol–water partition coefficient (Wildman–Crippen LogP) is 2.63. The number of hydrogen-bond acceptors (Lipinski definition) is 5. The summed E-state index contributed by atoms with van der Waals surface area (Å²) in [6.45, 7) is 0.339. The second-order valence-corrected chi connectivity index (χ2v) is 4.94. The Balaban J connectivity index is 1.75. The van der Waals surface area contributed by atoms with E-state index in [1.165, 1.54) is 4.85 Å². The van der Waals surface area contributed by atoms with Crippen LogP contribution in [0.5, 0.6) is 5.75 Å². The standard InChI is InChI=1S/C15H13ClN4O2/c1-21-14-8-4-12(5-9-14)15-17-18-19-20(15)22-10-11-2-6-13(16)7-3-11/h2-9H,10H2,1H3. The van der Waals surface area contributed by atoms with Crippen LogP contribution in [0, 0.1) is 0 Å². The minimum Gasteiger partial charge on any atom is -0.497 e. The third kappa shape index (κ3) is 3.17. The fourth-order valence-electron chi connectivity index (χ4n) is 1.89. The van der Waals surface area contributed by atoms with Gasteiger partial charge >= 0.3 is 0 Å². The number of ether oxygens (including phenoxy) is 1. The van der Waals surface area contributed by atoms with Crippen molar-refractivity contribution in [1.29, 1.82) is 0 Å². The smallest absolute Gasteiger partial charge is 0.222 e. The van der Waals surface area contributed by atoms with E-state index >= 15 is 0 Å². The molecule has 0 aliphatic rings. The Morgan fingerprint density at radius 2 is 1.77 bits per heavy atom. The lowest BCUT2D eigenvalue weighted by molar-refractivity contribution is 0.0695. The van der Waals surface area contributed by atoms with Crippen molar-refractivity contribution in [3.63, 3.8) is 0 Å². The van der Waals surface area contributed by atoms with Crippen LogP contribution >= 0.6 is 11.6 Å². The second kappa shape index (κ2) is 6.44. The molecule has 7 heteroatoms. The van der Waals surface area contributed by atoms with E-state index in [2.05, 4.69) is 15.5 Å². The van der Waals surface area contributed by atoms with E-state index in [1.54, 1.807) is 7.11 Å². The molecule has 2 aromatic carbocycles. The first-order valence-corrected chi connectivity index (χ1v) is 6.94. The van der Waals surface area contributed by atoms with Crippen LogP contribution in [0.25, 0.3) is 11.4 Å². The highest BCUT2D eigenvalue weighted by Gasteiger charge is 2.10. The molecule has 0 saturated carbocycles. The number of rotatable bonds is 5. The van der Waals surface area contributed by atoms with E-state index in [4.69, 9.17) is 21.2 Å². The Morgan fingerprint density at radius 1 is 1.05 bits per heavy atom. The molecule has 0 bridgehead atoms. The van der Waals surface area contributed by atoms with E-state index in [-0.39, 0.29) is 0 Å². The van der Waals surface area contributed by atoms with Crippen LogP contribution in [0.3, 0.4) is 0 Å². The zero-order valence-corrected chi connectivity index (χ0v) is 12.6. The normalized spacial score (nSPS) is 10.5. The molecule has 22 heavy (non-hydrogen) atoms. The number of hydrogen-bond donors (Lipinski definition) is 0. The summed E-state index contributed by atoms with van der Waals surface area (Å²) in [6.07, 6.45) is 0. The summed E-state index contributed by atoms with van der Waals surface area (Å²) in [6, 6.07) is 14.8. The molecule has 0 unspecified atom stereocenters. The predicted molar refractivity (Wildman–Crippen MR) is 81.5 cm³/mol. The van der Waals surface area contributed by atoms with Crippen molar-refractivity contribution in [3.8, 4) is 17.1 Å². The average molecular weight is 317 g/mol. The third-order valence-corrected chi connectivity index (χ3v) is 3.31. The molecule has 0 radical (unpaired) electrons. The van der Waals surface area contributed by atoms with Crippen molar-refractivity contribution in [2.45, 2.75) is 6.61 Å². The average Bonchev–Trinajstić information content (AvgIpc) is 3.03. The quantitative estimate of drug-likeness (QED) is 0.724. The minimum atomic E-state index is 0.339. The first kappa shape index (κ1) is 14.3. The van der Waals surface area contributed by atoms with Crippen molar-refractivity contribution in [2.75, 3.05) is 7.11 Å². The maximum atomic E-state index is 5.85. The molecule has 0 atom stereocenters. The number of aromatic nitrogens is 4. The van der Waals surface area contributed by atoms with Gasteiger partial charge in [0, 0.05) is 10.6 Å². The maximum absolute atomic E-state index is 5.85. The van der Waals surface area contributed by atoms with Gasteiger partial charge in [0.15, 0.2) is 0 Å². The Kier molecular flexibility index (Phi) is 4.20. The van der Waals surface area contributed by atoms with Gasteiger partial charge in [0.25, 0.3) is 0 Å². The van der Waals surface area contributed by atoms with Crippen molar-refractivity contribution in [3.05, 3.63) is 59.1 Å². The van der Waals surface area contributed by atoms with Crippen molar-refractivity contribution in [2.24, 2.45) is 0 Å². The minimum absolute atomic E-state index is 0.339. The molecule has 1 heterocycles. The molecule has 112 valence electrons. The second-order valence-electron chi connectivity index (χ2n) is 4.50. The molecule has 6 nitrogen and oxygen atoms in total. The molecule has 0 amide bonds. The molecule has 1 aromatic heterocycles. The lowest BCUT2D eigenvalue weighted by Crippen LogP contribution is -2.14. The van der Waals surface area contributed by atoms with Gasteiger partial charge in [-0.1, -0.05) is 28.6 Å². The van der Waals surface area contributed by atoms with Crippen molar-refractivity contribution >= 4 is 11.6 Å². The van der Waals surface area contributed by atoms with E-state index in [9.17, 15) is 0 Å². The van der Waals surface area contributed by atoms with Crippen LogP contribution < -0.4 is 9.57 Å². The van der Waals surface area contributed by atoms with Crippen molar-refractivity contribution in [1.82, 2.24) is 20.4 Å². The van der Waals surface area contributed by atoms with E-state index in [0.29, 0.717) is 17.5 Å². The molecule has 0 aliphatic carbocycles. The van der Waals surface area contributed by atoms with Gasteiger partial charge in [-0.3, -0.25) is 0 Å². The van der Waals surface area contributed by atoms with Gasteiger partial charge in [-0.15, -0.1) is 5.10 Å². The molecular formula is C15H13ClN4O2. The molecule has 0 spiro atoms. The summed E-state index contributed by atoms with van der Waals surface area (Å²) in [7, 11) is 1.62. The fourth-order valence-corrected chi connectivity index (χ4v) is 2.02. The van der Waals surface area contributed by atoms with Crippen LogP contribution in [0.2, 0.25) is 5.02 Å². The number of tetrazole rings is 1. The van der Waals surface area contributed by atoms with Gasteiger partial charge in [0.05, 0.1) is 7.11 Å². The van der Waals surface area contributed by atoms with Gasteiger partial charge < -0.3 is 9.57 Å². The first-order chi connectivity index (χ1) is 10.8. The van der Waals surface area contributed by atoms with E-state index in [1.807, 2.05) is 48.5 Å². The zero-order valence-electron chi connectivity index (χ0n) is 11.8. The third-order valence-electron chi connectivity index (χ3n) is 3.06. The Morgan fingerprint density at radius 3 is 2.45 bits per heavy atom. The summed E-state index contributed by atoms with van der Waals surface area (Å²) in [5.74, 6) is 1.29. The number of methoxy groups -OCH3 is 1. The highest BCUT2D eigenvalue weighted by molar-refractivity contribution is 6.30. The van der Waals surface area contributed by atoms with Gasteiger partial charge in [-0.05, 0) is 52.4 Å².